The second kappa shape index (κ2) is 5.39. The fourth-order valence-electron chi connectivity index (χ4n) is 2.20. The van der Waals surface area contributed by atoms with Gasteiger partial charge < -0.3 is 10.2 Å². The lowest BCUT2D eigenvalue weighted by Crippen LogP contribution is -2.35. The van der Waals surface area contributed by atoms with Crippen molar-refractivity contribution in [2.75, 3.05) is 12.4 Å². The van der Waals surface area contributed by atoms with Crippen molar-refractivity contribution in [3.05, 3.63) is 50.7 Å². The Morgan fingerprint density at radius 2 is 2.25 bits per heavy atom. The van der Waals surface area contributed by atoms with Gasteiger partial charge in [-0.05, 0) is 28.6 Å². The molecule has 20 heavy (non-hydrogen) atoms. The summed E-state index contributed by atoms with van der Waals surface area (Å²) >= 11 is 11.5. The Morgan fingerprint density at radius 3 is 2.95 bits per heavy atom. The van der Waals surface area contributed by atoms with Crippen LogP contribution in [0.2, 0.25) is 5.02 Å². The Morgan fingerprint density at radius 1 is 1.45 bits per heavy atom. The smallest absolute Gasteiger partial charge is 0.321 e. The first-order valence-corrected chi connectivity index (χ1v) is 8.25. The SMILES string of the molecule is CN1Cc2cc(C(Br)c3sccc3Cl)ccc2NC1=O. The predicted molar refractivity (Wildman–Crippen MR) is 87.0 cm³/mol. The van der Waals surface area contributed by atoms with E-state index < -0.39 is 0 Å². The Labute approximate surface area is 134 Å². The number of thiophene rings is 1. The minimum atomic E-state index is -0.0676. The Kier molecular flexibility index (Phi) is 3.75. The molecule has 1 N–H and O–H groups in total. The number of amides is 2. The average molecular weight is 372 g/mol. The number of hydrogen-bond donors (Lipinski definition) is 1. The van der Waals surface area contributed by atoms with E-state index in [2.05, 4.69) is 27.3 Å². The third kappa shape index (κ3) is 2.45. The monoisotopic (exact) mass is 370 g/mol. The Bertz CT molecular complexity index is 673. The van der Waals surface area contributed by atoms with Crippen LogP contribution in [-0.2, 0) is 6.54 Å². The van der Waals surface area contributed by atoms with Gasteiger partial charge in [0, 0.05) is 24.2 Å². The molecule has 3 rings (SSSR count). The lowest BCUT2D eigenvalue weighted by atomic mass is 10.0. The number of halogens is 2. The van der Waals surface area contributed by atoms with Crippen molar-refractivity contribution >= 4 is 50.6 Å². The first-order chi connectivity index (χ1) is 9.56. The van der Waals surface area contributed by atoms with Crippen molar-refractivity contribution in [2.45, 2.75) is 11.4 Å². The lowest BCUT2D eigenvalue weighted by molar-refractivity contribution is 0.218. The number of benzene rings is 1. The van der Waals surface area contributed by atoms with Gasteiger partial charge in [-0.1, -0.05) is 39.7 Å². The average Bonchev–Trinajstić information content (AvgIpc) is 2.85. The first-order valence-electron chi connectivity index (χ1n) is 6.08. The highest BCUT2D eigenvalue weighted by Gasteiger charge is 2.22. The molecule has 104 valence electrons. The van der Waals surface area contributed by atoms with Gasteiger partial charge in [-0.25, -0.2) is 4.79 Å². The van der Waals surface area contributed by atoms with Gasteiger partial charge in [-0.2, -0.15) is 0 Å². The number of alkyl halides is 1. The van der Waals surface area contributed by atoms with Gasteiger partial charge in [0.2, 0.25) is 0 Å². The second-order valence-electron chi connectivity index (χ2n) is 4.70. The summed E-state index contributed by atoms with van der Waals surface area (Å²) in [6, 6.07) is 7.91. The van der Waals surface area contributed by atoms with Crippen LogP contribution in [0.4, 0.5) is 10.5 Å². The van der Waals surface area contributed by atoms with Crippen molar-refractivity contribution in [3.63, 3.8) is 0 Å². The van der Waals surface area contributed by atoms with Gasteiger partial charge in [-0.15, -0.1) is 11.3 Å². The molecule has 0 fully saturated rings. The molecule has 1 aliphatic heterocycles. The fraction of sp³-hybridized carbons (Fsp3) is 0.214. The summed E-state index contributed by atoms with van der Waals surface area (Å²) < 4.78 is 0. The van der Waals surface area contributed by atoms with E-state index in [1.807, 2.05) is 23.6 Å². The van der Waals surface area contributed by atoms with Crippen molar-refractivity contribution in [2.24, 2.45) is 0 Å². The zero-order chi connectivity index (χ0) is 14.3. The number of carbonyl (C=O) groups excluding carboxylic acids is 1. The van der Waals surface area contributed by atoms with E-state index in [4.69, 9.17) is 11.6 Å². The van der Waals surface area contributed by atoms with Crippen LogP contribution in [0.3, 0.4) is 0 Å². The van der Waals surface area contributed by atoms with Crippen molar-refractivity contribution in [3.8, 4) is 0 Å². The van der Waals surface area contributed by atoms with Crippen molar-refractivity contribution in [1.82, 2.24) is 4.90 Å². The van der Waals surface area contributed by atoms with Gasteiger partial charge >= 0.3 is 6.03 Å². The predicted octanol–water partition coefficient (Wildman–Crippen LogP) is 4.86. The number of carbonyl (C=O) groups is 1. The fourth-order valence-corrected chi connectivity index (χ4v) is 4.35. The molecule has 0 saturated heterocycles. The lowest BCUT2D eigenvalue weighted by Gasteiger charge is -2.26. The topological polar surface area (TPSA) is 32.3 Å². The van der Waals surface area contributed by atoms with E-state index in [1.165, 1.54) is 0 Å². The minimum Gasteiger partial charge on any atom is -0.323 e. The highest BCUT2D eigenvalue weighted by atomic mass is 79.9. The van der Waals surface area contributed by atoms with E-state index in [1.54, 1.807) is 23.3 Å². The highest BCUT2D eigenvalue weighted by Crippen LogP contribution is 2.40. The zero-order valence-corrected chi connectivity index (χ0v) is 13.8. The van der Waals surface area contributed by atoms with E-state index in [-0.39, 0.29) is 10.9 Å². The quantitative estimate of drug-likeness (QED) is 0.751. The third-order valence-corrected chi connectivity index (χ3v) is 6.01. The molecule has 6 heteroatoms. The molecule has 2 amide bonds. The molecule has 0 spiro atoms. The standard InChI is InChI=1S/C14H12BrClN2OS/c1-18-7-9-6-8(2-3-11(9)17-14(18)19)12(15)13-10(16)4-5-20-13/h2-6,12H,7H2,1H3,(H,17,19). The van der Waals surface area contributed by atoms with Gasteiger partial charge in [0.05, 0.1) is 9.85 Å². The maximum Gasteiger partial charge on any atom is 0.321 e. The van der Waals surface area contributed by atoms with Crippen molar-refractivity contribution < 1.29 is 4.79 Å². The van der Waals surface area contributed by atoms with Crippen LogP contribution in [-0.4, -0.2) is 18.0 Å². The number of anilines is 1. The normalized spacial score (nSPS) is 15.8. The van der Waals surface area contributed by atoms with E-state index >= 15 is 0 Å². The molecule has 2 heterocycles. The van der Waals surface area contributed by atoms with Crippen LogP contribution in [0.25, 0.3) is 0 Å². The minimum absolute atomic E-state index is 0.0676. The number of fused-ring (bicyclic) bond motifs is 1. The molecule has 0 saturated carbocycles. The summed E-state index contributed by atoms with van der Waals surface area (Å²) in [6.45, 7) is 0.618. The number of hydrogen-bond acceptors (Lipinski definition) is 2. The van der Waals surface area contributed by atoms with Crippen LogP contribution >= 0.6 is 38.9 Å². The van der Waals surface area contributed by atoms with E-state index in [0.717, 1.165) is 26.7 Å². The van der Waals surface area contributed by atoms with E-state index in [9.17, 15) is 4.79 Å². The molecule has 1 aliphatic rings. The number of nitrogens with zero attached hydrogens (tertiary/aromatic N) is 1. The summed E-state index contributed by atoms with van der Waals surface area (Å²) in [6.07, 6.45) is 0. The molecule has 1 atom stereocenters. The molecule has 2 aromatic rings. The van der Waals surface area contributed by atoms with Crippen LogP contribution in [0.1, 0.15) is 20.8 Å². The second-order valence-corrected chi connectivity index (χ2v) is 6.97. The first kappa shape index (κ1) is 13.9. The molecule has 1 aromatic heterocycles. The molecule has 0 aliphatic carbocycles. The molecular formula is C14H12BrClN2OS. The number of urea groups is 1. The molecule has 0 bridgehead atoms. The van der Waals surface area contributed by atoms with Gasteiger partial charge in [0.1, 0.15) is 0 Å². The Balaban J connectivity index is 1.95. The summed E-state index contributed by atoms with van der Waals surface area (Å²) in [5.74, 6) is 0. The molecule has 0 radical (unpaired) electrons. The number of nitrogens with one attached hydrogen (secondary N) is 1. The summed E-state index contributed by atoms with van der Waals surface area (Å²) in [5.41, 5.74) is 3.13. The van der Waals surface area contributed by atoms with Crippen LogP contribution in [0.5, 0.6) is 0 Å². The van der Waals surface area contributed by atoms with Gasteiger partial charge in [0.25, 0.3) is 0 Å². The van der Waals surface area contributed by atoms with Crippen LogP contribution in [0, 0.1) is 0 Å². The third-order valence-electron chi connectivity index (χ3n) is 3.29. The summed E-state index contributed by atoms with van der Waals surface area (Å²) in [5, 5.41) is 5.63. The number of rotatable bonds is 2. The largest absolute Gasteiger partial charge is 0.323 e. The van der Waals surface area contributed by atoms with E-state index in [0.29, 0.717) is 6.54 Å². The van der Waals surface area contributed by atoms with Crippen LogP contribution in [0.15, 0.2) is 29.6 Å². The Hall–Kier alpha value is -1.04. The van der Waals surface area contributed by atoms with Gasteiger partial charge in [-0.3, -0.25) is 0 Å². The van der Waals surface area contributed by atoms with Gasteiger partial charge in [0.15, 0.2) is 0 Å². The zero-order valence-electron chi connectivity index (χ0n) is 10.7. The summed E-state index contributed by atoms with van der Waals surface area (Å²) in [4.78, 5) is 14.4. The van der Waals surface area contributed by atoms with Crippen molar-refractivity contribution in [1.29, 1.82) is 0 Å². The maximum absolute atomic E-state index is 11.6. The van der Waals surface area contributed by atoms with Crippen LogP contribution < -0.4 is 5.32 Å². The highest BCUT2D eigenvalue weighted by molar-refractivity contribution is 9.09. The molecule has 3 nitrogen and oxygen atoms in total. The molecular weight excluding hydrogens is 360 g/mol. The molecule has 1 unspecified atom stereocenters. The molecule has 1 aromatic carbocycles. The summed E-state index contributed by atoms with van der Waals surface area (Å²) in [7, 11) is 1.78. The maximum atomic E-state index is 11.6.